The Balaban J connectivity index is 1.65. The van der Waals surface area contributed by atoms with E-state index in [4.69, 9.17) is 0 Å². The lowest BCUT2D eigenvalue weighted by molar-refractivity contribution is 0.0946. The van der Waals surface area contributed by atoms with Crippen molar-refractivity contribution >= 4 is 28.5 Å². The number of rotatable bonds is 5. The molecular weight excluding hydrogens is 364 g/mol. The van der Waals surface area contributed by atoms with Gasteiger partial charge in [0, 0.05) is 37.0 Å². The number of benzene rings is 1. The predicted octanol–water partition coefficient (Wildman–Crippen LogP) is 3.19. The number of carbonyl (C=O) groups is 1. The fraction of sp³-hybridized carbons (Fsp3) is 0.545. The van der Waals surface area contributed by atoms with Crippen LogP contribution in [0.15, 0.2) is 23.2 Å². The minimum absolute atomic E-state index is 0.214. The Morgan fingerprint density at radius 2 is 1.90 bits per heavy atom. The number of anilines is 1. The van der Waals surface area contributed by atoms with E-state index in [2.05, 4.69) is 43.9 Å². The van der Waals surface area contributed by atoms with E-state index in [-0.39, 0.29) is 17.8 Å². The van der Waals surface area contributed by atoms with E-state index < -0.39 is 0 Å². The molecule has 1 amide bonds. The molecule has 2 heterocycles. The van der Waals surface area contributed by atoms with Crippen LogP contribution in [0.3, 0.4) is 0 Å². The molecule has 1 aromatic carbocycles. The first-order chi connectivity index (χ1) is 14.1. The highest BCUT2D eigenvalue weighted by molar-refractivity contribution is 5.96. The molecular formula is C22H30N6O. The van der Waals surface area contributed by atoms with Gasteiger partial charge in [0.2, 0.25) is 5.82 Å². The highest BCUT2D eigenvalue weighted by Gasteiger charge is 2.27. The van der Waals surface area contributed by atoms with E-state index in [9.17, 15) is 4.79 Å². The third kappa shape index (κ3) is 4.49. The predicted molar refractivity (Wildman–Crippen MR) is 117 cm³/mol. The number of aromatic nitrogens is 2. The van der Waals surface area contributed by atoms with Crippen LogP contribution in [0.4, 0.5) is 5.82 Å². The number of amidine groups is 1. The second-order valence-electron chi connectivity index (χ2n) is 7.99. The third-order valence-electron chi connectivity index (χ3n) is 5.71. The summed E-state index contributed by atoms with van der Waals surface area (Å²) in [4.78, 5) is 26.1. The Labute approximate surface area is 171 Å². The van der Waals surface area contributed by atoms with Crippen LogP contribution in [0, 0.1) is 6.92 Å². The molecule has 4 rings (SSSR count). The second kappa shape index (κ2) is 8.76. The van der Waals surface area contributed by atoms with Gasteiger partial charge in [-0.25, -0.2) is 9.97 Å². The number of hydrogen-bond donors (Lipinski definition) is 3. The molecule has 0 spiro atoms. The summed E-state index contributed by atoms with van der Waals surface area (Å²) >= 11 is 0. The maximum absolute atomic E-state index is 12.4. The first kappa shape index (κ1) is 19.6. The quantitative estimate of drug-likeness (QED) is 0.724. The van der Waals surface area contributed by atoms with Gasteiger partial charge in [-0.2, -0.15) is 0 Å². The number of nitrogens with one attached hydrogen (secondary N) is 3. The number of aliphatic imine (C=N–C) groups is 1. The molecule has 2 aromatic rings. The number of hydrogen-bond acceptors (Lipinski definition) is 6. The van der Waals surface area contributed by atoms with Crippen molar-refractivity contribution in [3.63, 3.8) is 0 Å². The van der Waals surface area contributed by atoms with Crippen LogP contribution in [0.2, 0.25) is 0 Å². The molecule has 3 N–H and O–H groups in total. The first-order valence-electron chi connectivity index (χ1n) is 10.8. The van der Waals surface area contributed by atoms with E-state index in [1.54, 1.807) is 0 Å². The monoisotopic (exact) mass is 394 g/mol. The minimum Gasteiger partial charge on any atom is -0.369 e. The minimum atomic E-state index is -0.239. The Hall–Kier alpha value is -2.70. The van der Waals surface area contributed by atoms with Crippen LogP contribution >= 0.6 is 0 Å². The SMILES string of the molecule is CCNC(=O)c1nc(N[C@H]2CCCC[C@H]2NC2=NCCC2)c2cc(C)ccc2n1. The van der Waals surface area contributed by atoms with E-state index in [1.807, 2.05) is 19.1 Å². The standard InChI is InChI=1S/C22H30N6O/c1-3-23-22(29)21-26-16-11-10-14(2)13-15(16)20(28-21)27-18-8-5-4-7-17(18)25-19-9-6-12-24-19/h10-11,13,17-18H,3-9,12H2,1-2H3,(H,23,29)(H,24,25)(H,26,27,28)/t17-,18+/m1/s1. The summed E-state index contributed by atoms with van der Waals surface area (Å²) in [5.74, 6) is 1.85. The zero-order valence-electron chi connectivity index (χ0n) is 17.3. The number of amides is 1. The van der Waals surface area contributed by atoms with Crippen LogP contribution in [0.5, 0.6) is 0 Å². The van der Waals surface area contributed by atoms with Crippen molar-refractivity contribution in [3.8, 4) is 0 Å². The highest BCUT2D eigenvalue weighted by atomic mass is 16.2. The summed E-state index contributed by atoms with van der Waals surface area (Å²) in [6, 6.07) is 6.63. The van der Waals surface area contributed by atoms with Crippen LogP contribution < -0.4 is 16.0 Å². The maximum Gasteiger partial charge on any atom is 0.289 e. The average Bonchev–Trinajstić information content (AvgIpc) is 3.23. The average molecular weight is 395 g/mol. The largest absolute Gasteiger partial charge is 0.369 e. The summed E-state index contributed by atoms with van der Waals surface area (Å²) in [6.45, 7) is 5.43. The first-order valence-corrected chi connectivity index (χ1v) is 10.8. The molecule has 2 aliphatic rings. The molecule has 0 saturated heterocycles. The number of carbonyl (C=O) groups excluding carboxylic acids is 1. The molecule has 1 aliphatic carbocycles. The van der Waals surface area contributed by atoms with Crippen molar-refractivity contribution in [2.75, 3.05) is 18.4 Å². The van der Waals surface area contributed by atoms with Gasteiger partial charge in [-0.05, 0) is 45.2 Å². The van der Waals surface area contributed by atoms with Gasteiger partial charge in [0.25, 0.3) is 5.91 Å². The lowest BCUT2D eigenvalue weighted by Crippen LogP contribution is -2.48. The Morgan fingerprint density at radius 1 is 1.10 bits per heavy atom. The van der Waals surface area contributed by atoms with Crippen LogP contribution in [0.1, 0.15) is 61.6 Å². The van der Waals surface area contributed by atoms with Gasteiger partial charge in [0.1, 0.15) is 5.82 Å². The summed E-state index contributed by atoms with van der Waals surface area (Å²) in [7, 11) is 0. The van der Waals surface area contributed by atoms with Gasteiger partial charge in [-0.15, -0.1) is 0 Å². The number of aryl methyl sites for hydroxylation is 1. The van der Waals surface area contributed by atoms with Gasteiger partial charge in [0.05, 0.1) is 11.4 Å². The number of fused-ring (bicyclic) bond motifs is 1. The van der Waals surface area contributed by atoms with Gasteiger partial charge in [0.15, 0.2) is 0 Å². The zero-order valence-corrected chi connectivity index (χ0v) is 17.3. The molecule has 7 heteroatoms. The molecule has 1 fully saturated rings. The molecule has 7 nitrogen and oxygen atoms in total. The Kier molecular flexibility index (Phi) is 5.92. The second-order valence-corrected chi connectivity index (χ2v) is 7.99. The third-order valence-corrected chi connectivity index (χ3v) is 5.71. The van der Waals surface area contributed by atoms with Gasteiger partial charge in [-0.1, -0.05) is 24.5 Å². The highest BCUT2D eigenvalue weighted by Crippen LogP contribution is 2.27. The van der Waals surface area contributed by atoms with Gasteiger partial charge < -0.3 is 16.0 Å². The summed E-state index contributed by atoms with van der Waals surface area (Å²) in [6.07, 6.45) is 6.77. The molecule has 2 atom stereocenters. The molecule has 1 saturated carbocycles. The van der Waals surface area contributed by atoms with Gasteiger partial charge >= 0.3 is 0 Å². The normalized spacial score (nSPS) is 21.7. The van der Waals surface area contributed by atoms with Gasteiger partial charge in [-0.3, -0.25) is 9.79 Å². The fourth-order valence-corrected chi connectivity index (χ4v) is 4.22. The Bertz CT molecular complexity index is 925. The zero-order chi connectivity index (χ0) is 20.2. The van der Waals surface area contributed by atoms with Crippen molar-refractivity contribution in [3.05, 3.63) is 29.6 Å². The van der Waals surface area contributed by atoms with Crippen molar-refractivity contribution in [1.82, 2.24) is 20.6 Å². The van der Waals surface area contributed by atoms with Crippen LogP contribution in [-0.4, -0.2) is 46.9 Å². The molecule has 0 radical (unpaired) electrons. The van der Waals surface area contributed by atoms with Crippen molar-refractivity contribution in [2.24, 2.45) is 4.99 Å². The van der Waals surface area contributed by atoms with Crippen LogP contribution in [0.25, 0.3) is 10.9 Å². The van der Waals surface area contributed by atoms with Crippen LogP contribution in [-0.2, 0) is 0 Å². The van der Waals surface area contributed by atoms with E-state index in [0.717, 1.165) is 60.3 Å². The summed E-state index contributed by atoms with van der Waals surface area (Å²) in [5.41, 5.74) is 1.93. The smallest absolute Gasteiger partial charge is 0.289 e. The summed E-state index contributed by atoms with van der Waals surface area (Å²) < 4.78 is 0. The summed E-state index contributed by atoms with van der Waals surface area (Å²) in [5, 5.41) is 11.1. The van der Waals surface area contributed by atoms with E-state index in [1.165, 1.54) is 12.8 Å². The maximum atomic E-state index is 12.4. The lowest BCUT2D eigenvalue weighted by Gasteiger charge is -2.34. The lowest BCUT2D eigenvalue weighted by atomic mass is 9.90. The van der Waals surface area contributed by atoms with Crippen molar-refractivity contribution in [2.45, 2.75) is 64.5 Å². The van der Waals surface area contributed by atoms with E-state index in [0.29, 0.717) is 12.6 Å². The molecule has 154 valence electrons. The van der Waals surface area contributed by atoms with Crippen molar-refractivity contribution < 1.29 is 4.79 Å². The molecule has 0 unspecified atom stereocenters. The molecule has 1 aliphatic heterocycles. The molecule has 29 heavy (non-hydrogen) atoms. The topological polar surface area (TPSA) is 91.3 Å². The fourth-order valence-electron chi connectivity index (χ4n) is 4.22. The molecule has 1 aromatic heterocycles. The molecule has 0 bridgehead atoms. The Morgan fingerprint density at radius 3 is 2.62 bits per heavy atom. The number of nitrogens with zero attached hydrogens (tertiary/aromatic N) is 3. The van der Waals surface area contributed by atoms with E-state index >= 15 is 0 Å². The van der Waals surface area contributed by atoms with Crippen molar-refractivity contribution in [1.29, 1.82) is 0 Å².